The molecule has 2 N–H and O–H groups in total. The molecule has 5 rings (SSSR count). The van der Waals surface area contributed by atoms with Gasteiger partial charge in [-0.15, -0.1) is 0 Å². The van der Waals surface area contributed by atoms with Crippen LogP contribution in [-0.2, 0) is 14.3 Å². The van der Waals surface area contributed by atoms with E-state index in [4.69, 9.17) is 9.47 Å². The third-order valence-corrected chi connectivity index (χ3v) is 7.15. The molecule has 1 spiro atoms. The topological polar surface area (TPSA) is 105 Å². The zero-order valence-electron chi connectivity index (χ0n) is 20.2. The number of rotatable bonds is 4. The smallest absolute Gasteiger partial charge is 0.410 e. The zero-order valence-corrected chi connectivity index (χ0v) is 20.2. The van der Waals surface area contributed by atoms with Crippen molar-refractivity contribution < 1.29 is 29.0 Å². The average Bonchev–Trinajstić information content (AvgIpc) is 3.05. The Morgan fingerprint density at radius 2 is 1.54 bits per heavy atom. The largest absolute Gasteiger partial charge is 0.480 e. The highest BCUT2D eigenvalue weighted by molar-refractivity contribution is 5.86. The van der Waals surface area contributed by atoms with Gasteiger partial charge in [0.2, 0.25) is 0 Å². The number of amides is 2. The van der Waals surface area contributed by atoms with E-state index in [1.165, 1.54) is 0 Å². The van der Waals surface area contributed by atoms with Crippen molar-refractivity contribution >= 4 is 18.2 Å². The van der Waals surface area contributed by atoms with E-state index in [2.05, 4.69) is 17.4 Å². The van der Waals surface area contributed by atoms with Crippen LogP contribution in [0.15, 0.2) is 48.5 Å². The Morgan fingerprint density at radius 1 is 1.00 bits per heavy atom. The number of nitrogens with one attached hydrogen (secondary N) is 1. The molecule has 2 aromatic carbocycles. The molecule has 0 bridgehead atoms. The fourth-order valence-corrected chi connectivity index (χ4v) is 5.79. The molecule has 1 heterocycles. The van der Waals surface area contributed by atoms with Crippen molar-refractivity contribution in [2.45, 2.75) is 50.7 Å². The molecule has 0 unspecified atom stereocenters. The van der Waals surface area contributed by atoms with Crippen LogP contribution in [0, 0.1) is 5.41 Å². The molecule has 2 aliphatic carbocycles. The van der Waals surface area contributed by atoms with Crippen molar-refractivity contribution in [2.75, 3.05) is 19.7 Å². The minimum atomic E-state index is -1.39. The minimum Gasteiger partial charge on any atom is -0.480 e. The van der Waals surface area contributed by atoms with Crippen molar-refractivity contribution in [2.24, 2.45) is 5.41 Å². The molecule has 2 amide bonds. The van der Waals surface area contributed by atoms with Crippen molar-refractivity contribution in [1.29, 1.82) is 0 Å². The Balaban J connectivity index is 1.19. The Morgan fingerprint density at radius 3 is 2.06 bits per heavy atom. The van der Waals surface area contributed by atoms with Gasteiger partial charge in [-0.3, -0.25) is 0 Å². The number of hydrogen-bond donors (Lipinski definition) is 2. The average molecular weight is 479 g/mol. The number of alkyl carbamates (subject to hydrolysis) is 1. The van der Waals surface area contributed by atoms with Crippen LogP contribution in [0.5, 0.6) is 0 Å². The molecule has 0 radical (unpaired) electrons. The minimum absolute atomic E-state index is 0.101. The molecule has 1 saturated carbocycles. The number of benzene rings is 2. The summed E-state index contributed by atoms with van der Waals surface area (Å²) >= 11 is 0. The molecule has 2 aromatic rings. The summed E-state index contributed by atoms with van der Waals surface area (Å²) in [5.74, 6) is -1.19. The van der Waals surface area contributed by atoms with E-state index in [-0.39, 0.29) is 30.8 Å². The summed E-state index contributed by atoms with van der Waals surface area (Å²) in [5.41, 5.74) is 2.14. The first-order valence-electron chi connectivity index (χ1n) is 11.9. The lowest BCUT2D eigenvalue weighted by Gasteiger charge is -2.61. The monoisotopic (exact) mass is 478 g/mol. The van der Waals surface area contributed by atoms with Crippen LogP contribution >= 0.6 is 0 Å². The number of aliphatic carboxylic acids is 1. The quantitative estimate of drug-likeness (QED) is 0.676. The molecule has 1 saturated heterocycles. The standard InChI is InChI=1S/C27H30N2O6/c1-25(2,3)35-24(33)29-15-26(16-29)13-27(14-26,22(30)31)28-23(32)34-12-21-19-10-6-4-8-17(19)18-9-5-7-11-20(18)21/h4-11,21H,12-16H2,1-3H3,(H,28,32)(H,30,31). The molecule has 3 aliphatic rings. The third-order valence-electron chi connectivity index (χ3n) is 7.15. The number of likely N-dealkylation sites (tertiary alicyclic amines) is 1. The molecule has 35 heavy (non-hydrogen) atoms. The van der Waals surface area contributed by atoms with E-state index in [1.807, 2.05) is 36.4 Å². The number of carbonyl (C=O) groups is 3. The van der Waals surface area contributed by atoms with Crippen molar-refractivity contribution in [3.63, 3.8) is 0 Å². The second kappa shape index (κ2) is 8.00. The first-order chi connectivity index (χ1) is 16.5. The lowest BCUT2D eigenvalue weighted by atomic mass is 9.53. The van der Waals surface area contributed by atoms with E-state index in [9.17, 15) is 19.5 Å². The van der Waals surface area contributed by atoms with Crippen molar-refractivity contribution in [3.8, 4) is 11.1 Å². The molecule has 0 atom stereocenters. The van der Waals surface area contributed by atoms with Crippen LogP contribution < -0.4 is 5.32 Å². The van der Waals surface area contributed by atoms with Crippen LogP contribution in [0.25, 0.3) is 11.1 Å². The second-order valence-corrected chi connectivity index (χ2v) is 11.0. The van der Waals surface area contributed by atoms with Gasteiger partial charge in [-0.2, -0.15) is 0 Å². The van der Waals surface area contributed by atoms with E-state index in [1.54, 1.807) is 25.7 Å². The highest BCUT2D eigenvalue weighted by atomic mass is 16.6. The number of carboxylic acid groups (broad SMARTS) is 1. The summed E-state index contributed by atoms with van der Waals surface area (Å²) < 4.78 is 10.9. The maximum absolute atomic E-state index is 12.7. The highest BCUT2D eigenvalue weighted by Gasteiger charge is 2.65. The summed E-state index contributed by atoms with van der Waals surface area (Å²) in [5, 5.41) is 12.5. The number of fused-ring (bicyclic) bond motifs is 3. The molecule has 0 aromatic heterocycles. The summed E-state index contributed by atoms with van der Waals surface area (Å²) in [7, 11) is 0. The van der Waals surface area contributed by atoms with E-state index >= 15 is 0 Å². The van der Waals surface area contributed by atoms with Crippen LogP contribution in [0.3, 0.4) is 0 Å². The van der Waals surface area contributed by atoms with Crippen molar-refractivity contribution in [1.82, 2.24) is 10.2 Å². The van der Waals surface area contributed by atoms with Gasteiger partial charge >= 0.3 is 18.2 Å². The SMILES string of the molecule is CC(C)(C)OC(=O)N1CC2(C1)CC(NC(=O)OCC1c3ccccc3-c3ccccc31)(C(=O)O)C2. The molecule has 184 valence electrons. The summed E-state index contributed by atoms with van der Waals surface area (Å²) in [6.07, 6.45) is -0.648. The fraction of sp³-hybridized carbons (Fsp3) is 0.444. The van der Waals surface area contributed by atoms with E-state index in [0.29, 0.717) is 13.1 Å². The van der Waals surface area contributed by atoms with Gasteiger partial charge in [-0.25, -0.2) is 14.4 Å². The fourth-order valence-electron chi connectivity index (χ4n) is 5.79. The summed E-state index contributed by atoms with van der Waals surface area (Å²) in [6, 6.07) is 16.1. The number of carboxylic acids is 1. The lowest BCUT2D eigenvalue weighted by molar-refractivity contribution is -0.168. The Labute approximate surface area is 204 Å². The van der Waals surface area contributed by atoms with Crippen molar-refractivity contribution in [3.05, 3.63) is 59.7 Å². The first-order valence-corrected chi connectivity index (χ1v) is 11.9. The maximum Gasteiger partial charge on any atom is 0.410 e. The second-order valence-electron chi connectivity index (χ2n) is 11.0. The molecule has 2 fully saturated rings. The van der Waals surface area contributed by atoms with Gasteiger partial charge in [-0.1, -0.05) is 48.5 Å². The Kier molecular flexibility index (Phi) is 5.30. The zero-order chi connectivity index (χ0) is 25.0. The number of hydrogen-bond acceptors (Lipinski definition) is 5. The van der Waals surface area contributed by atoms with Gasteiger partial charge in [0.1, 0.15) is 17.7 Å². The summed E-state index contributed by atoms with van der Waals surface area (Å²) in [6.45, 7) is 6.37. The number of carbonyl (C=O) groups excluding carboxylic acids is 2. The van der Waals surface area contributed by atoms with Gasteiger partial charge in [0.05, 0.1) is 0 Å². The molecule has 1 aliphatic heterocycles. The van der Waals surface area contributed by atoms with Gasteiger partial charge < -0.3 is 24.8 Å². The third kappa shape index (κ3) is 4.11. The molecule has 8 nitrogen and oxygen atoms in total. The van der Waals surface area contributed by atoms with Gasteiger partial charge in [0.25, 0.3) is 0 Å². The summed E-state index contributed by atoms with van der Waals surface area (Å²) in [4.78, 5) is 38.6. The van der Waals surface area contributed by atoms with E-state index < -0.39 is 29.3 Å². The van der Waals surface area contributed by atoms with Gasteiger partial charge in [-0.05, 0) is 55.9 Å². The molecular formula is C27H30N2O6. The Hall–Kier alpha value is -3.55. The normalized spacial score (nSPS) is 19.1. The van der Waals surface area contributed by atoms with Crippen LogP contribution in [0.4, 0.5) is 9.59 Å². The van der Waals surface area contributed by atoms with Crippen LogP contribution in [-0.4, -0.2) is 59.0 Å². The molecule has 8 heteroatoms. The van der Waals surface area contributed by atoms with Gasteiger partial charge in [0, 0.05) is 24.4 Å². The predicted molar refractivity (Wildman–Crippen MR) is 128 cm³/mol. The predicted octanol–water partition coefficient (Wildman–Crippen LogP) is 4.38. The highest BCUT2D eigenvalue weighted by Crippen LogP contribution is 2.54. The van der Waals surface area contributed by atoms with E-state index in [0.717, 1.165) is 22.3 Å². The van der Waals surface area contributed by atoms with Crippen LogP contribution in [0.1, 0.15) is 50.7 Å². The number of nitrogens with zero attached hydrogens (tertiary/aromatic N) is 1. The van der Waals surface area contributed by atoms with Gasteiger partial charge in [0.15, 0.2) is 0 Å². The first kappa shape index (κ1) is 23.2. The molecular weight excluding hydrogens is 448 g/mol. The lowest BCUT2D eigenvalue weighted by Crippen LogP contribution is -2.75. The number of ether oxygens (including phenoxy) is 2. The van der Waals surface area contributed by atoms with Crippen LogP contribution in [0.2, 0.25) is 0 Å². The Bertz CT molecular complexity index is 1140. The maximum atomic E-state index is 12.7.